The third-order valence-corrected chi connectivity index (χ3v) is 3.29. The maximum atomic E-state index is 11.9. The van der Waals surface area contributed by atoms with E-state index in [2.05, 4.69) is 8.75 Å². The Labute approximate surface area is 92.6 Å². The van der Waals surface area contributed by atoms with Crippen molar-refractivity contribution < 1.29 is 4.79 Å². The molecule has 6 heteroatoms. The van der Waals surface area contributed by atoms with Crippen LogP contribution in [0.3, 0.4) is 0 Å². The number of hydrogen-bond donors (Lipinski definition) is 1. The van der Waals surface area contributed by atoms with Crippen molar-refractivity contribution in [3.63, 3.8) is 0 Å². The molecule has 0 spiro atoms. The van der Waals surface area contributed by atoms with Crippen LogP contribution in [0.25, 0.3) is 0 Å². The van der Waals surface area contributed by atoms with Gasteiger partial charge < -0.3 is 10.6 Å². The average Bonchev–Trinajstić information content (AvgIpc) is 2.82. The minimum atomic E-state index is -0.000721. The molecule has 2 heterocycles. The lowest BCUT2D eigenvalue weighted by Crippen LogP contribution is -2.40. The Bertz CT molecular complexity index is 319. The molecule has 0 atom stereocenters. The highest BCUT2D eigenvalue weighted by Crippen LogP contribution is 2.17. The van der Waals surface area contributed by atoms with Crippen LogP contribution in [-0.2, 0) is 0 Å². The standard InChI is InChI=1S/C9H14N4OS/c10-5-7-1-3-13(4-2-7)9(14)8-6-11-15-12-8/h6-7H,1-5,10H2. The van der Waals surface area contributed by atoms with Crippen molar-refractivity contribution in [1.29, 1.82) is 0 Å². The number of piperidine rings is 1. The van der Waals surface area contributed by atoms with Gasteiger partial charge in [0.1, 0.15) is 0 Å². The van der Waals surface area contributed by atoms with Gasteiger partial charge in [-0.1, -0.05) is 0 Å². The molecule has 2 rings (SSSR count). The lowest BCUT2D eigenvalue weighted by Gasteiger charge is -2.30. The third-order valence-electron chi connectivity index (χ3n) is 2.82. The molecular weight excluding hydrogens is 212 g/mol. The molecule has 1 aliphatic heterocycles. The summed E-state index contributed by atoms with van der Waals surface area (Å²) in [6.07, 6.45) is 3.53. The van der Waals surface area contributed by atoms with Crippen LogP contribution in [0.4, 0.5) is 0 Å². The monoisotopic (exact) mass is 226 g/mol. The summed E-state index contributed by atoms with van der Waals surface area (Å²) in [6.45, 7) is 2.30. The minimum absolute atomic E-state index is 0.000721. The lowest BCUT2D eigenvalue weighted by molar-refractivity contribution is 0.0688. The van der Waals surface area contributed by atoms with E-state index in [9.17, 15) is 4.79 Å². The van der Waals surface area contributed by atoms with E-state index in [-0.39, 0.29) is 5.91 Å². The fourth-order valence-corrected chi connectivity index (χ4v) is 2.20. The second-order valence-electron chi connectivity index (χ2n) is 3.76. The zero-order chi connectivity index (χ0) is 10.7. The zero-order valence-electron chi connectivity index (χ0n) is 8.43. The van der Waals surface area contributed by atoms with E-state index in [1.807, 2.05) is 4.90 Å². The first-order valence-electron chi connectivity index (χ1n) is 5.08. The van der Waals surface area contributed by atoms with Gasteiger partial charge in [0, 0.05) is 13.1 Å². The van der Waals surface area contributed by atoms with Gasteiger partial charge >= 0.3 is 0 Å². The predicted molar refractivity (Wildman–Crippen MR) is 57.6 cm³/mol. The van der Waals surface area contributed by atoms with Gasteiger partial charge in [-0.15, -0.1) is 0 Å². The number of amides is 1. The first-order chi connectivity index (χ1) is 7.31. The van der Waals surface area contributed by atoms with Crippen LogP contribution < -0.4 is 5.73 Å². The molecule has 0 bridgehead atoms. The Hall–Kier alpha value is -1.01. The molecule has 1 aromatic rings. The fraction of sp³-hybridized carbons (Fsp3) is 0.667. The Kier molecular flexibility index (Phi) is 3.27. The molecular formula is C9H14N4OS. The summed E-state index contributed by atoms with van der Waals surface area (Å²) < 4.78 is 7.78. The SMILES string of the molecule is NCC1CCN(C(=O)c2cnsn2)CC1. The molecule has 0 aromatic carbocycles. The van der Waals surface area contributed by atoms with E-state index >= 15 is 0 Å². The minimum Gasteiger partial charge on any atom is -0.337 e. The van der Waals surface area contributed by atoms with Crippen molar-refractivity contribution in [2.24, 2.45) is 11.7 Å². The molecule has 1 aliphatic rings. The fourth-order valence-electron chi connectivity index (χ4n) is 1.79. The van der Waals surface area contributed by atoms with E-state index in [1.54, 1.807) is 0 Å². The van der Waals surface area contributed by atoms with Crippen LogP contribution in [-0.4, -0.2) is 39.2 Å². The highest BCUT2D eigenvalue weighted by molar-refractivity contribution is 6.99. The maximum absolute atomic E-state index is 11.9. The second-order valence-corrected chi connectivity index (χ2v) is 4.32. The van der Waals surface area contributed by atoms with Crippen LogP contribution in [0.15, 0.2) is 6.20 Å². The molecule has 0 aliphatic carbocycles. The number of aromatic nitrogens is 2. The molecule has 1 aromatic heterocycles. The van der Waals surface area contributed by atoms with Crippen molar-refractivity contribution in [2.45, 2.75) is 12.8 Å². The van der Waals surface area contributed by atoms with Crippen LogP contribution in [0.1, 0.15) is 23.3 Å². The molecule has 2 N–H and O–H groups in total. The smallest absolute Gasteiger partial charge is 0.275 e. The van der Waals surface area contributed by atoms with Crippen LogP contribution in [0.5, 0.6) is 0 Å². The van der Waals surface area contributed by atoms with E-state index in [1.165, 1.54) is 6.20 Å². The van der Waals surface area contributed by atoms with E-state index < -0.39 is 0 Å². The average molecular weight is 226 g/mol. The second kappa shape index (κ2) is 4.67. The summed E-state index contributed by atoms with van der Waals surface area (Å²) in [5.74, 6) is 0.571. The Morgan fingerprint density at radius 3 is 2.87 bits per heavy atom. The molecule has 1 amide bonds. The molecule has 15 heavy (non-hydrogen) atoms. The van der Waals surface area contributed by atoms with Crippen molar-refractivity contribution in [3.05, 3.63) is 11.9 Å². The first-order valence-corrected chi connectivity index (χ1v) is 5.81. The summed E-state index contributed by atoms with van der Waals surface area (Å²) in [4.78, 5) is 13.7. The number of nitrogens with zero attached hydrogens (tertiary/aromatic N) is 3. The maximum Gasteiger partial charge on any atom is 0.275 e. The molecule has 0 radical (unpaired) electrons. The van der Waals surface area contributed by atoms with Gasteiger partial charge in [-0.25, -0.2) is 0 Å². The van der Waals surface area contributed by atoms with Gasteiger partial charge in [0.05, 0.1) is 17.9 Å². The first kappa shape index (κ1) is 10.5. The predicted octanol–water partition coefficient (Wildman–Crippen LogP) is 0.349. The molecule has 82 valence electrons. The summed E-state index contributed by atoms with van der Waals surface area (Å²) in [6, 6.07) is 0. The van der Waals surface area contributed by atoms with Crippen LogP contribution in [0.2, 0.25) is 0 Å². The van der Waals surface area contributed by atoms with E-state index in [0.29, 0.717) is 11.6 Å². The number of carbonyl (C=O) groups excluding carboxylic acids is 1. The number of carbonyl (C=O) groups is 1. The van der Waals surface area contributed by atoms with Crippen molar-refractivity contribution in [2.75, 3.05) is 19.6 Å². The van der Waals surface area contributed by atoms with Crippen molar-refractivity contribution in [1.82, 2.24) is 13.6 Å². The van der Waals surface area contributed by atoms with Gasteiger partial charge in [-0.3, -0.25) is 4.79 Å². The summed E-state index contributed by atoms with van der Waals surface area (Å²) in [7, 11) is 0. The number of likely N-dealkylation sites (tertiary alicyclic amines) is 1. The summed E-state index contributed by atoms with van der Waals surface area (Å²) in [5, 5.41) is 0. The molecule has 0 unspecified atom stereocenters. The largest absolute Gasteiger partial charge is 0.337 e. The highest BCUT2D eigenvalue weighted by atomic mass is 32.1. The van der Waals surface area contributed by atoms with Crippen LogP contribution in [0, 0.1) is 5.92 Å². The molecule has 5 nitrogen and oxygen atoms in total. The summed E-state index contributed by atoms with van der Waals surface area (Å²) >= 11 is 1.07. The highest BCUT2D eigenvalue weighted by Gasteiger charge is 2.23. The summed E-state index contributed by atoms with van der Waals surface area (Å²) in [5.41, 5.74) is 6.06. The van der Waals surface area contributed by atoms with Gasteiger partial charge in [-0.2, -0.15) is 8.75 Å². The lowest BCUT2D eigenvalue weighted by atomic mass is 9.97. The van der Waals surface area contributed by atoms with E-state index in [0.717, 1.165) is 44.2 Å². The Morgan fingerprint density at radius 2 is 2.33 bits per heavy atom. The molecule has 1 fully saturated rings. The zero-order valence-corrected chi connectivity index (χ0v) is 9.24. The number of hydrogen-bond acceptors (Lipinski definition) is 5. The molecule has 1 saturated heterocycles. The van der Waals surface area contributed by atoms with Gasteiger partial charge in [0.2, 0.25) is 0 Å². The van der Waals surface area contributed by atoms with Gasteiger partial charge in [-0.05, 0) is 25.3 Å². The van der Waals surface area contributed by atoms with E-state index in [4.69, 9.17) is 5.73 Å². The van der Waals surface area contributed by atoms with Gasteiger partial charge in [0.15, 0.2) is 5.69 Å². The normalized spacial score (nSPS) is 18.1. The Balaban J connectivity index is 1.93. The Morgan fingerprint density at radius 1 is 1.60 bits per heavy atom. The number of nitrogens with two attached hydrogens (primary N) is 1. The topological polar surface area (TPSA) is 72.1 Å². The molecule has 0 saturated carbocycles. The van der Waals surface area contributed by atoms with Gasteiger partial charge in [0.25, 0.3) is 5.91 Å². The van der Waals surface area contributed by atoms with Crippen molar-refractivity contribution in [3.8, 4) is 0 Å². The quantitative estimate of drug-likeness (QED) is 0.789. The van der Waals surface area contributed by atoms with Crippen LogP contribution >= 0.6 is 11.7 Å². The third kappa shape index (κ3) is 2.32. The van der Waals surface area contributed by atoms with Crippen molar-refractivity contribution >= 4 is 17.6 Å². The number of rotatable bonds is 2.